The standard InChI is InChI=1S/C24H43N7O6S/c1-14(27-16(3)32)21(34)30-18(10-13-38-4)24(37)31-12-7-9-19(31)23(36)28-15(2)22(35)29-17(20(26)33)8-5-6-11-25/h14-15,17-19H,5-13,25H2,1-4H3,(H2,26,33)(H,27,32)(H,28,36)(H,29,35)(H,30,34)/t14-,15-,17-,18-,19-/m0/s1. The molecule has 1 saturated heterocycles. The van der Waals surface area contributed by atoms with Crippen molar-refractivity contribution in [1.82, 2.24) is 26.2 Å². The van der Waals surface area contributed by atoms with Gasteiger partial charge in [-0.3, -0.25) is 28.8 Å². The number of hydrogen-bond donors (Lipinski definition) is 6. The highest BCUT2D eigenvalue weighted by atomic mass is 32.2. The molecule has 14 heteroatoms. The SMILES string of the molecule is CSCC[C@H](NC(=O)[C@H](C)NC(C)=O)C(=O)N1CCC[C@H]1C(=O)N[C@@H](C)C(=O)N[C@@H](CCCCN)C(N)=O. The molecule has 1 aliphatic rings. The van der Waals surface area contributed by atoms with Crippen LogP contribution in [0.5, 0.6) is 0 Å². The molecule has 38 heavy (non-hydrogen) atoms. The largest absolute Gasteiger partial charge is 0.368 e. The van der Waals surface area contributed by atoms with Gasteiger partial charge >= 0.3 is 0 Å². The molecule has 0 bridgehead atoms. The van der Waals surface area contributed by atoms with E-state index >= 15 is 0 Å². The van der Waals surface area contributed by atoms with E-state index in [1.165, 1.54) is 37.4 Å². The summed E-state index contributed by atoms with van der Waals surface area (Å²) in [6.45, 7) is 5.09. The van der Waals surface area contributed by atoms with Crippen molar-refractivity contribution < 1.29 is 28.8 Å². The lowest BCUT2D eigenvalue weighted by Gasteiger charge is -2.30. The monoisotopic (exact) mass is 557 g/mol. The van der Waals surface area contributed by atoms with E-state index in [-0.39, 0.29) is 5.91 Å². The molecule has 0 aromatic rings. The predicted molar refractivity (Wildman–Crippen MR) is 145 cm³/mol. The average Bonchev–Trinajstić information content (AvgIpc) is 3.35. The molecule has 0 aromatic carbocycles. The summed E-state index contributed by atoms with van der Waals surface area (Å²) in [7, 11) is 0. The summed E-state index contributed by atoms with van der Waals surface area (Å²) in [5.74, 6) is -2.41. The van der Waals surface area contributed by atoms with E-state index in [1.807, 2.05) is 6.26 Å². The van der Waals surface area contributed by atoms with E-state index in [0.29, 0.717) is 57.4 Å². The number of carbonyl (C=O) groups is 6. The maximum absolute atomic E-state index is 13.4. The fourth-order valence-electron chi connectivity index (χ4n) is 4.11. The molecule has 6 amide bonds. The van der Waals surface area contributed by atoms with Crippen LogP contribution in [0.4, 0.5) is 0 Å². The highest BCUT2D eigenvalue weighted by Crippen LogP contribution is 2.20. The lowest BCUT2D eigenvalue weighted by Crippen LogP contribution is -2.58. The third-order valence-corrected chi connectivity index (χ3v) is 6.88. The molecule has 13 nitrogen and oxygen atoms in total. The van der Waals surface area contributed by atoms with Gasteiger partial charge in [-0.15, -0.1) is 0 Å². The molecule has 1 aliphatic heterocycles. The van der Waals surface area contributed by atoms with Crippen molar-refractivity contribution in [2.24, 2.45) is 11.5 Å². The zero-order valence-corrected chi connectivity index (χ0v) is 23.5. The Morgan fingerprint density at radius 3 is 2.08 bits per heavy atom. The van der Waals surface area contributed by atoms with Crippen LogP contribution >= 0.6 is 11.8 Å². The lowest BCUT2D eigenvalue weighted by molar-refractivity contribution is -0.142. The van der Waals surface area contributed by atoms with Gasteiger partial charge in [0.05, 0.1) is 0 Å². The second-order valence-corrected chi connectivity index (χ2v) is 10.4. The van der Waals surface area contributed by atoms with Crippen molar-refractivity contribution in [3.8, 4) is 0 Å². The first-order valence-corrected chi connectivity index (χ1v) is 14.3. The molecule has 1 fully saturated rings. The number of nitrogens with one attached hydrogen (secondary N) is 4. The van der Waals surface area contributed by atoms with Gasteiger partial charge in [-0.2, -0.15) is 11.8 Å². The maximum atomic E-state index is 13.4. The number of thioether (sulfide) groups is 1. The van der Waals surface area contributed by atoms with Gasteiger partial charge in [0.2, 0.25) is 35.4 Å². The minimum absolute atomic E-state index is 0.329. The van der Waals surface area contributed by atoms with Crippen molar-refractivity contribution >= 4 is 47.2 Å². The van der Waals surface area contributed by atoms with Crippen molar-refractivity contribution in [2.75, 3.05) is 25.1 Å². The first-order chi connectivity index (χ1) is 17.9. The average molecular weight is 558 g/mol. The van der Waals surface area contributed by atoms with E-state index in [9.17, 15) is 28.8 Å². The zero-order valence-electron chi connectivity index (χ0n) is 22.7. The van der Waals surface area contributed by atoms with E-state index in [0.717, 1.165) is 0 Å². The van der Waals surface area contributed by atoms with Gasteiger partial charge in [0.15, 0.2) is 0 Å². The van der Waals surface area contributed by atoms with Crippen molar-refractivity contribution in [2.45, 2.75) is 89.5 Å². The lowest BCUT2D eigenvalue weighted by atomic mass is 10.1. The van der Waals surface area contributed by atoms with Crippen molar-refractivity contribution in [3.05, 3.63) is 0 Å². The van der Waals surface area contributed by atoms with Crippen LogP contribution in [0, 0.1) is 0 Å². The number of unbranched alkanes of at least 4 members (excludes halogenated alkanes) is 1. The van der Waals surface area contributed by atoms with Crippen molar-refractivity contribution in [3.63, 3.8) is 0 Å². The molecule has 5 atom stereocenters. The fraction of sp³-hybridized carbons (Fsp3) is 0.750. The molecule has 1 rings (SSSR count). The zero-order chi connectivity index (χ0) is 28.8. The summed E-state index contributed by atoms with van der Waals surface area (Å²) in [5, 5.41) is 10.4. The summed E-state index contributed by atoms with van der Waals surface area (Å²) < 4.78 is 0. The minimum Gasteiger partial charge on any atom is -0.368 e. The van der Waals surface area contributed by atoms with Crippen LogP contribution in [0.1, 0.15) is 59.3 Å². The summed E-state index contributed by atoms with van der Waals surface area (Å²) in [5.41, 5.74) is 10.9. The number of carbonyl (C=O) groups excluding carboxylic acids is 6. The van der Waals surface area contributed by atoms with Crippen LogP contribution in [0.2, 0.25) is 0 Å². The summed E-state index contributed by atoms with van der Waals surface area (Å²) in [6.07, 6.45) is 4.85. The second kappa shape index (κ2) is 16.9. The number of rotatable bonds is 16. The number of nitrogens with zero attached hydrogens (tertiary/aromatic N) is 1. The van der Waals surface area contributed by atoms with Crippen LogP contribution in [0.15, 0.2) is 0 Å². The molecule has 0 spiro atoms. The van der Waals surface area contributed by atoms with Crippen LogP contribution < -0.4 is 32.7 Å². The Labute approximate surface area is 228 Å². The minimum atomic E-state index is -0.970. The van der Waals surface area contributed by atoms with Gasteiger partial charge in [0, 0.05) is 13.5 Å². The Kier molecular flexibility index (Phi) is 14.7. The van der Waals surface area contributed by atoms with Crippen LogP contribution in [-0.4, -0.2) is 95.7 Å². The predicted octanol–water partition coefficient (Wildman–Crippen LogP) is -1.66. The highest BCUT2D eigenvalue weighted by Gasteiger charge is 2.38. The maximum Gasteiger partial charge on any atom is 0.245 e. The molecule has 0 unspecified atom stereocenters. The first-order valence-electron chi connectivity index (χ1n) is 12.9. The summed E-state index contributed by atoms with van der Waals surface area (Å²) in [4.78, 5) is 76.1. The smallest absolute Gasteiger partial charge is 0.245 e. The van der Waals surface area contributed by atoms with Crippen LogP contribution in [0.25, 0.3) is 0 Å². The number of amides is 6. The van der Waals surface area contributed by atoms with E-state index in [4.69, 9.17) is 11.5 Å². The first kappa shape index (κ1) is 33.2. The molecular formula is C24H43N7O6S. The molecule has 8 N–H and O–H groups in total. The molecule has 0 aliphatic carbocycles. The Morgan fingerprint density at radius 1 is 0.921 bits per heavy atom. The van der Waals surface area contributed by atoms with E-state index in [2.05, 4.69) is 21.3 Å². The molecule has 1 heterocycles. The van der Waals surface area contributed by atoms with Gasteiger partial charge < -0.3 is 37.6 Å². The van der Waals surface area contributed by atoms with E-state index in [1.54, 1.807) is 0 Å². The Morgan fingerprint density at radius 2 is 1.53 bits per heavy atom. The molecule has 0 aromatic heterocycles. The highest BCUT2D eigenvalue weighted by molar-refractivity contribution is 7.98. The van der Waals surface area contributed by atoms with Crippen molar-refractivity contribution in [1.29, 1.82) is 0 Å². The number of hydrogen-bond acceptors (Lipinski definition) is 8. The van der Waals surface area contributed by atoms with E-state index < -0.39 is 59.7 Å². The Balaban J connectivity index is 2.85. The van der Waals surface area contributed by atoms with Gasteiger partial charge in [-0.05, 0) is 70.9 Å². The normalized spacial score (nSPS) is 18.0. The third-order valence-electron chi connectivity index (χ3n) is 6.24. The molecule has 0 radical (unpaired) electrons. The molecule has 216 valence electrons. The van der Waals surface area contributed by atoms with Gasteiger partial charge in [0.25, 0.3) is 0 Å². The molecule has 0 saturated carbocycles. The van der Waals surface area contributed by atoms with Gasteiger partial charge in [0.1, 0.15) is 30.2 Å². The summed E-state index contributed by atoms with van der Waals surface area (Å²) >= 11 is 1.51. The van der Waals surface area contributed by atoms with Gasteiger partial charge in [-0.25, -0.2) is 0 Å². The number of primary amides is 1. The molecular weight excluding hydrogens is 514 g/mol. The Bertz CT molecular complexity index is 858. The van der Waals surface area contributed by atoms with Crippen LogP contribution in [0.3, 0.4) is 0 Å². The second-order valence-electron chi connectivity index (χ2n) is 9.43. The topological polar surface area (TPSA) is 206 Å². The van der Waals surface area contributed by atoms with Crippen LogP contribution in [-0.2, 0) is 28.8 Å². The summed E-state index contributed by atoms with van der Waals surface area (Å²) in [6, 6.07) is -4.35. The quantitative estimate of drug-likeness (QED) is 0.121. The number of nitrogens with two attached hydrogens (primary N) is 2. The third kappa shape index (κ3) is 10.9. The Hall–Kier alpha value is -2.87. The number of likely N-dealkylation sites (tertiary alicyclic amines) is 1. The fourth-order valence-corrected chi connectivity index (χ4v) is 4.59. The van der Waals surface area contributed by atoms with Gasteiger partial charge in [-0.1, -0.05) is 0 Å².